The van der Waals surface area contributed by atoms with E-state index in [2.05, 4.69) is 10.6 Å². The molecule has 0 saturated heterocycles. The van der Waals surface area contributed by atoms with Crippen LogP contribution >= 0.6 is 11.6 Å². The molecule has 2 rings (SSSR count). The van der Waals surface area contributed by atoms with E-state index in [1.54, 1.807) is 24.3 Å². The van der Waals surface area contributed by atoms with Gasteiger partial charge in [0.1, 0.15) is 12.4 Å². The van der Waals surface area contributed by atoms with Crippen LogP contribution in [-0.2, 0) is 9.59 Å². The van der Waals surface area contributed by atoms with Gasteiger partial charge >= 0.3 is 0 Å². The van der Waals surface area contributed by atoms with E-state index in [-0.39, 0.29) is 24.9 Å². The maximum Gasteiger partial charge on any atom is 0.243 e. The summed E-state index contributed by atoms with van der Waals surface area (Å²) in [6, 6.07) is 11.2. The highest BCUT2D eigenvalue weighted by Crippen LogP contribution is 2.21. The smallest absolute Gasteiger partial charge is 0.243 e. The van der Waals surface area contributed by atoms with Gasteiger partial charge in [0.15, 0.2) is 0 Å². The van der Waals surface area contributed by atoms with Crippen LogP contribution in [0.3, 0.4) is 0 Å². The van der Waals surface area contributed by atoms with Gasteiger partial charge in [0.2, 0.25) is 11.8 Å². The van der Waals surface area contributed by atoms with Crippen molar-refractivity contribution in [3.63, 3.8) is 0 Å². The second kappa shape index (κ2) is 10.8. The van der Waals surface area contributed by atoms with Gasteiger partial charge in [0.05, 0.1) is 13.1 Å². The lowest BCUT2D eigenvalue weighted by molar-refractivity contribution is -0.124. The molecule has 0 aliphatic rings. The van der Waals surface area contributed by atoms with Gasteiger partial charge in [-0.2, -0.15) is 0 Å². The number of amides is 2. The normalized spacial score (nSPS) is 10.7. The minimum Gasteiger partial charge on any atom is -0.492 e. The minimum atomic E-state index is -0.248. The van der Waals surface area contributed by atoms with Gasteiger partial charge in [0.25, 0.3) is 0 Å². The van der Waals surface area contributed by atoms with E-state index in [1.165, 1.54) is 0 Å². The maximum atomic E-state index is 12.2. The zero-order valence-corrected chi connectivity index (χ0v) is 18.1. The van der Waals surface area contributed by atoms with Gasteiger partial charge in [0, 0.05) is 17.3 Å². The Hall–Kier alpha value is -2.57. The van der Waals surface area contributed by atoms with Crippen LogP contribution < -0.4 is 15.4 Å². The van der Waals surface area contributed by atoms with Gasteiger partial charge < -0.3 is 15.4 Å². The molecule has 0 saturated carbocycles. The standard InChI is InChI=1S/C22H28ClN3O3/c1-15-11-16(2)22(17(3)12-15)25-20(27)13-24-21(28)14-26(4)9-10-29-19-7-5-18(23)6-8-19/h5-8,11-12H,9-10,13-14H2,1-4H3,(H,24,28)(H,25,27). The third-order valence-corrected chi connectivity index (χ3v) is 4.61. The molecule has 0 spiro atoms. The molecule has 0 fully saturated rings. The van der Waals surface area contributed by atoms with Gasteiger partial charge in [-0.05, 0) is 63.2 Å². The molecule has 0 bridgehead atoms. The summed E-state index contributed by atoms with van der Waals surface area (Å²) in [5, 5.41) is 6.18. The number of halogens is 1. The molecule has 0 aliphatic heterocycles. The number of nitrogens with one attached hydrogen (secondary N) is 2. The van der Waals surface area contributed by atoms with E-state index in [9.17, 15) is 9.59 Å². The predicted molar refractivity (Wildman–Crippen MR) is 117 cm³/mol. The Balaban J connectivity index is 1.69. The first kappa shape index (κ1) is 22.7. The molecule has 6 nitrogen and oxygen atoms in total. The lowest BCUT2D eigenvalue weighted by atomic mass is 10.1. The van der Waals surface area contributed by atoms with Crippen molar-refractivity contribution >= 4 is 29.1 Å². The number of rotatable bonds is 9. The Kier molecular flexibility index (Phi) is 8.49. The summed E-state index contributed by atoms with van der Waals surface area (Å²) in [6.45, 7) is 7.05. The summed E-state index contributed by atoms with van der Waals surface area (Å²) >= 11 is 5.84. The van der Waals surface area contributed by atoms with Crippen LogP contribution in [0, 0.1) is 20.8 Å². The number of hydrogen-bond acceptors (Lipinski definition) is 4. The van der Waals surface area contributed by atoms with Gasteiger partial charge in [-0.3, -0.25) is 14.5 Å². The SMILES string of the molecule is Cc1cc(C)c(NC(=O)CNC(=O)CN(C)CCOc2ccc(Cl)cc2)c(C)c1. The fraction of sp³-hybridized carbons (Fsp3) is 0.364. The quantitative estimate of drug-likeness (QED) is 0.656. The third kappa shape index (κ3) is 7.75. The molecule has 7 heteroatoms. The zero-order chi connectivity index (χ0) is 21.4. The van der Waals surface area contributed by atoms with Crippen LogP contribution in [0.15, 0.2) is 36.4 Å². The molecule has 0 aliphatic carbocycles. The second-order valence-corrected chi connectivity index (χ2v) is 7.58. The molecule has 29 heavy (non-hydrogen) atoms. The lowest BCUT2D eigenvalue weighted by Crippen LogP contribution is -2.40. The molecular weight excluding hydrogens is 390 g/mol. The first-order valence-electron chi connectivity index (χ1n) is 9.46. The van der Waals surface area contributed by atoms with Crippen LogP contribution in [0.1, 0.15) is 16.7 Å². The zero-order valence-electron chi connectivity index (χ0n) is 17.3. The number of carbonyl (C=O) groups excluding carboxylic acids is 2. The number of anilines is 1. The molecule has 0 aromatic heterocycles. The predicted octanol–water partition coefficient (Wildman–Crippen LogP) is 3.33. The van der Waals surface area contributed by atoms with Crippen molar-refractivity contribution in [2.75, 3.05) is 38.6 Å². The Morgan fingerprint density at radius 3 is 2.28 bits per heavy atom. The van der Waals surface area contributed by atoms with Crippen LogP contribution in [-0.4, -0.2) is 50.0 Å². The van der Waals surface area contributed by atoms with Crippen LogP contribution in [0.4, 0.5) is 5.69 Å². The first-order chi connectivity index (χ1) is 13.7. The third-order valence-electron chi connectivity index (χ3n) is 4.36. The summed E-state index contributed by atoms with van der Waals surface area (Å²) in [5.74, 6) is 0.263. The monoisotopic (exact) mass is 417 g/mol. The Bertz CT molecular complexity index is 830. The summed E-state index contributed by atoms with van der Waals surface area (Å²) in [7, 11) is 1.82. The lowest BCUT2D eigenvalue weighted by Gasteiger charge is -2.17. The second-order valence-electron chi connectivity index (χ2n) is 7.14. The average Bonchev–Trinajstić information content (AvgIpc) is 2.64. The molecule has 2 aromatic rings. The average molecular weight is 418 g/mol. The molecule has 0 unspecified atom stereocenters. The van der Waals surface area contributed by atoms with Crippen molar-refractivity contribution in [1.82, 2.24) is 10.2 Å². The number of hydrogen-bond donors (Lipinski definition) is 2. The van der Waals surface area contributed by atoms with Gasteiger partial charge in [-0.15, -0.1) is 0 Å². The number of carbonyl (C=O) groups is 2. The van der Waals surface area contributed by atoms with E-state index in [1.807, 2.05) is 44.9 Å². The maximum absolute atomic E-state index is 12.2. The van der Waals surface area contributed by atoms with Crippen LogP contribution in [0.5, 0.6) is 5.75 Å². The summed E-state index contributed by atoms with van der Waals surface area (Å²) in [4.78, 5) is 26.1. The summed E-state index contributed by atoms with van der Waals surface area (Å²) in [5.41, 5.74) is 3.95. The minimum absolute atomic E-state index is 0.0687. The highest BCUT2D eigenvalue weighted by molar-refractivity contribution is 6.30. The molecule has 2 amide bonds. The van der Waals surface area contributed by atoms with Crippen LogP contribution in [0.2, 0.25) is 5.02 Å². The molecule has 0 atom stereocenters. The number of aryl methyl sites for hydroxylation is 3. The molecule has 2 N–H and O–H groups in total. The van der Waals surface area contributed by atoms with Crippen molar-refractivity contribution in [2.45, 2.75) is 20.8 Å². The molecule has 2 aromatic carbocycles. The number of nitrogens with zero attached hydrogens (tertiary/aromatic N) is 1. The van der Waals surface area contributed by atoms with Crippen molar-refractivity contribution in [3.05, 3.63) is 58.1 Å². The molecule has 0 radical (unpaired) electrons. The summed E-state index contributed by atoms with van der Waals surface area (Å²) in [6.07, 6.45) is 0. The Morgan fingerprint density at radius 1 is 1.03 bits per heavy atom. The number of ether oxygens (including phenoxy) is 1. The van der Waals surface area contributed by atoms with Crippen LogP contribution in [0.25, 0.3) is 0 Å². The van der Waals surface area contributed by atoms with Gasteiger partial charge in [-0.1, -0.05) is 29.3 Å². The van der Waals surface area contributed by atoms with E-state index in [4.69, 9.17) is 16.3 Å². The Labute approximate surface area is 177 Å². The summed E-state index contributed by atoms with van der Waals surface area (Å²) < 4.78 is 5.61. The van der Waals surface area contributed by atoms with E-state index in [0.717, 1.165) is 28.1 Å². The highest BCUT2D eigenvalue weighted by atomic mass is 35.5. The number of likely N-dealkylation sites (N-methyl/N-ethyl adjacent to an activating group) is 1. The molecule has 0 heterocycles. The largest absolute Gasteiger partial charge is 0.492 e. The van der Waals surface area contributed by atoms with Crippen molar-refractivity contribution < 1.29 is 14.3 Å². The Morgan fingerprint density at radius 2 is 1.66 bits per heavy atom. The fourth-order valence-electron chi connectivity index (χ4n) is 2.97. The first-order valence-corrected chi connectivity index (χ1v) is 9.83. The van der Waals surface area contributed by atoms with E-state index < -0.39 is 0 Å². The van der Waals surface area contributed by atoms with Crippen molar-refractivity contribution in [3.8, 4) is 5.75 Å². The highest BCUT2D eigenvalue weighted by Gasteiger charge is 2.11. The fourth-order valence-corrected chi connectivity index (χ4v) is 3.10. The molecule has 156 valence electrons. The van der Waals surface area contributed by atoms with E-state index >= 15 is 0 Å². The number of benzene rings is 2. The van der Waals surface area contributed by atoms with Gasteiger partial charge in [-0.25, -0.2) is 0 Å². The van der Waals surface area contributed by atoms with Crippen molar-refractivity contribution in [1.29, 1.82) is 0 Å². The molecular formula is C22H28ClN3O3. The topological polar surface area (TPSA) is 70.7 Å². The van der Waals surface area contributed by atoms with E-state index in [0.29, 0.717) is 18.2 Å². The van der Waals surface area contributed by atoms with Crippen molar-refractivity contribution in [2.24, 2.45) is 0 Å².